The lowest BCUT2D eigenvalue weighted by atomic mass is 10.0. The molecule has 2 unspecified atom stereocenters. The van der Waals surface area contributed by atoms with E-state index in [1.165, 1.54) is 0 Å². The predicted molar refractivity (Wildman–Crippen MR) is 60.0 cm³/mol. The Morgan fingerprint density at radius 1 is 1.38 bits per heavy atom. The summed E-state index contributed by atoms with van der Waals surface area (Å²) in [7, 11) is 0. The van der Waals surface area contributed by atoms with E-state index in [0.717, 1.165) is 13.0 Å². The van der Waals surface area contributed by atoms with Gasteiger partial charge in [-0.3, -0.25) is 0 Å². The molecule has 1 rings (SSSR count). The Morgan fingerprint density at radius 2 is 2.00 bits per heavy atom. The molecule has 1 fully saturated rings. The zero-order chi connectivity index (χ0) is 8.27. The van der Waals surface area contributed by atoms with Gasteiger partial charge in [0.2, 0.25) is 0 Å². The van der Waals surface area contributed by atoms with Crippen molar-refractivity contribution in [2.24, 2.45) is 5.73 Å². The lowest BCUT2D eigenvalue weighted by molar-refractivity contribution is 0.0599. The fourth-order valence-electron chi connectivity index (χ4n) is 1.40. The summed E-state index contributed by atoms with van der Waals surface area (Å²) in [5.74, 6) is 0. The summed E-state index contributed by atoms with van der Waals surface area (Å²) in [4.78, 5) is 0. The molecule has 1 saturated heterocycles. The van der Waals surface area contributed by atoms with E-state index in [4.69, 9.17) is 10.5 Å². The molecule has 0 saturated carbocycles. The van der Waals surface area contributed by atoms with Crippen molar-refractivity contribution in [3.8, 4) is 0 Å². The van der Waals surface area contributed by atoms with E-state index >= 15 is 0 Å². The van der Waals surface area contributed by atoms with Crippen molar-refractivity contribution in [3.05, 3.63) is 0 Å². The van der Waals surface area contributed by atoms with Crippen LogP contribution in [0.5, 0.6) is 0 Å². The minimum absolute atomic E-state index is 0. The van der Waals surface area contributed by atoms with E-state index in [1.54, 1.807) is 0 Å². The topological polar surface area (TPSA) is 47.3 Å². The smallest absolute Gasteiger partial charge is 0.0632 e. The summed E-state index contributed by atoms with van der Waals surface area (Å²) >= 11 is 0. The summed E-state index contributed by atoms with van der Waals surface area (Å²) in [5, 5.41) is 3.43. The second-order valence-electron chi connectivity index (χ2n) is 3.46. The quantitative estimate of drug-likeness (QED) is 0.743. The fourth-order valence-corrected chi connectivity index (χ4v) is 1.40. The van der Waals surface area contributed by atoms with Gasteiger partial charge in [-0.15, -0.1) is 24.8 Å². The zero-order valence-electron chi connectivity index (χ0n) is 8.16. The van der Waals surface area contributed by atoms with E-state index in [9.17, 15) is 0 Å². The van der Waals surface area contributed by atoms with Crippen LogP contribution >= 0.6 is 24.8 Å². The highest BCUT2D eigenvalue weighted by Crippen LogP contribution is 2.06. The molecule has 3 N–H and O–H groups in total. The Balaban J connectivity index is 0. The van der Waals surface area contributed by atoms with E-state index in [-0.39, 0.29) is 30.9 Å². The summed E-state index contributed by atoms with van der Waals surface area (Å²) < 4.78 is 5.23. The lowest BCUT2D eigenvalue weighted by Crippen LogP contribution is -2.53. The molecule has 0 aromatic heterocycles. The Kier molecular flexibility index (Phi) is 9.58. The maximum absolute atomic E-state index is 5.84. The number of hydrogen-bond acceptors (Lipinski definition) is 3. The van der Waals surface area contributed by atoms with Gasteiger partial charge in [-0.25, -0.2) is 0 Å². The normalized spacial score (nSPS) is 27.7. The van der Waals surface area contributed by atoms with Crippen molar-refractivity contribution >= 4 is 24.8 Å². The van der Waals surface area contributed by atoms with Gasteiger partial charge in [0.15, 0.2) is 0 Å². The maximum atomic E-state index is 5.84. The van der Waals surface area contributed by atoms with Crippen molar-refractivity contribution in [3.63, 3.8) is 0 Å². The number of nitrogens with two attached hydrogens (primary N) is 1. The first kappa shape index (κ1) is 15.9. The summed E-state index contributed by atoms with van der Waals surface area (Å²) in [6.07, 6.45) is 1.04. The number of nitrogens with one attached hydrogen (secondary N) is 1. The van der Waals surface area contributed by atoms with Gasteiger partial charge < -0.3 is 15.8 Å². The van der Waals surface area contributed by atoms with Crippen LogP contribution in [0.4, 0.5) is 0 Å². The molecular formula is C8H20Cl2N2O. The van der Waals surface area contributed by atoms with Crippen molar-refractivity contribution in [2.75, 3.05) is 13.2 Å². The van der Waals surface area contributed by atoms with Crippen LogP contribution in [0.3, 0.4) is 0 Å². The first-order valence-corrected chi connectivity index (χ1v) is 4.29. The van der Waals surface area contributed by atoms with Crippen LogP contribution in [-0.4, -0.2) is 31.3 Å². The molecule has 0 bridgehead atoms. The third-order valence-corrected chi connectivity index (χ3v) is 1.95. The van der Waals surface area contributed by atoms with Crippen LogP contribution in [0, 0.1) is 0 Å². The van der Waals surface area contributed by atoms with Gasteiger partial charge in [0.05, 0.1) is 6.61 Å². The van der Waals surface area contributed by atoms with Crippen LogP contribution in [0.25, 0.3) is 0 Å². The minimum atomic E-state index is 0. The first-order chi connectivity index (χ1) is 5.20. The highest BCUT2D eigenvalue weighted by Gasteiger charge is 2.21. The monoisotopic (exact) mass is 230 g/mol. The molecule has 0 aromatic rings. The molecular weight excluding hydrogens is 211 g/mol. The van der Waals surface area contributed by atoms with Crippen molar-refractivity contribution in [2.45, 2.75) is 38.4 Å². The lowest BCUT2D eigenvalue weighted by Gasteiger charge is -2.30. The Labute approximate surface area is 92.6 Å². The van der Waals surface area contributed by atoms with Gasteiger partial charge in [-0.1, -0.05) is 13.8 Å². The highest BCUT2D eigenvalue weighted by molar-refractivity contribution is 5.85. The summed E-state index contributed by atoms with van der Waals surface area (Å²) in [6.45, 7) is 5.83. The van der Waals surface area contributed by atoms with E-state index in [1.807, 2.05) is 0 Å². The van der Waals surface area contributed by atoms with Crippen LogP contribution in [0.1, 0.15) is 20.3 Å². The highest BCUT2D eigenvalue weighted by atomic mass is 35.5. The zero-order valence-corrected chi connectivity index (χ0v) is 9.79. The second kappa shape index (κ2) is 7.83. The van der Waals surface area contributed by atoms with Crippen molar-refractivity contribution in [1.82, 2.24) is 5.32 Å². The molecule has 0 aromatic carbocycles. The Hall–Kier alpha value is 0.460. The van der Waals surface area contributed by atoms with Gasteiger partial charge in [0, 0.05) is 24.7 Å². The Bertz CT molecular complexity index is 125. The molecule has 0 aliphatic carbocycles. The SMILES string of the molecule is CC(C)NC1CCOCC1N.Cl.Cl. The molecule has 1 aliphatic heterocycles. The molecule has 13 heavy (non-hydrogen) atoms. The van der Waals surface area contributed by atoms with Crippen LogP contribution in [0.15, 0.2) is 0 Å². The number of hydrogen-bond donors (Lipinski definition) is 2. The predicted octanol–water partition coefficient (Wildman–Crippen LogP) is 0.944. The summed E-state index contributed by atoms with van der Waals surface area (Å²) in [5.41, 5.74) is 5.84. The second-order valence-corrected chi connectivity index (χ2v) is 3.46. The first-order valence-electron chi connectivity index (χ1n) is 4.29. The molecule has 3 nitrogen and oxygen atoms in total. The van der Waals surface area contributed by atoms with Crippen LogP contribution in [0.2, 0.25) is 0 Å². The third-order valence-electron chi connectivity index (χ3n) is 1.95. The van der Waals surface area contributed by atoms with Gasteiger partial charge in [0.25, 0.3) is 0 Å². The van der Waals surface area contributed by atoms with Gasteiger partial charge in [-0.05, 0) is 6.42 Å². The summed E-state index contributed by atoms with van der Waals surface area (Å²) in [6, 6.07) is 1.14. The van der Waals surface area contributed by atoms with Crippen molar-refractivity contribution < 1.29 is 4.74 Å². The third kappa shape index (κ3) is 5.70. The van der Waals surface area contributed by atoms with Gasteiger partial charge >= 0.3 is 0 Å². The molecule has 0 amide bonds. The standard InChI is InChI=1S/C8H18N2O.2ClH/c1-6(2)10-8-3-4-11-5-7(8)9;;/h6-8,10H,3-5,9H2,1-2H3;2*1H. The molecule has 2 atom stereocenters. The number of ether oxygens (including phenoxy) is 1. The fraction of sp³-hybridized carbons (Fsp3) is 1.00. The minimum Gasteiger partial charge on any atom is -0.380 e. The number of rotatable bonds is 2. The Morgan fingerprint density at radius 3 is 2.46 bits per heavy atom. The average molecular weight is 231 g/mol. The molecule has 0 radical (unpaired) electrons. The van der Waals surface area contributed by atoms with Crippen molar-refractivity contribution in [1.29, 1.82) is 0 Å². The van der Waals surface area contributed by atoms with E-state index < -0.39 is 0 Å². The molecule has 0 spiro atoms. The van der Waals surface area contributed by atoms with Gasteiger partial charge in [0.1, 0.15) is 0 Å². The number of halogens is 2. The maximum Gasteiger partial charge on any atom is 0.0632 e. The molecule has 1 heterocycles. The molecule has 5 heteroatoms. The van der Waals surface area contributed by atoms with E-state index in [2.05, 4.69) is 19.2 Å². The van der Waals surface area contributed by atoms with E-state index in [0.29, 0.717) is 18.7 Å². The largest absolute Gasteiger partial charge is 0.380 e. The average Bonchev–Trinajstić information content (AvgIpc) is 1.93. The van der Waals surface area contributed by atoms with Crippen LogP contribution in [-0.2, 0) is 4.74 Å². The molecule has 82 valence electrons. The van der Waals surface area contributed by atoms with Gasteiger partial charge in [-0.2, -0.15) is 0 Å². The molecule has 1 aliphatic rings. The van der Waals surface area contributed by atoms with Crippen LogP contribution < -0.4 is 11.1 Å².